The highest BCUT2D eigenvalue weighted by Gasteiger charge is 2.31. The van der Waals surface area contributed by atoms with E-state index in [0.29, 0.717) is 38.9 Å². The molecule has 1 fully saturated rings. The van der Waals surface area contributed by atoms with E-state index in [4.69, 9.17) is 0 Å². The minimum atomic E-state index is -3.40. The van der Waals surface area contributed by atoms with E-state index in [9.17, 15) is 17.6 Å². The van der Waals surface area contributed by atoms with Crippen molar-refractivity contribution < 1.29 is 17.6 Å². The molecule has 24 heavy (non-hydrogen) atoms. The zero-order chi connectivity index (χ0) is 17.7. The van der Waals surface area contributed by atoms with Gasteiger partial charge >= 0.3 is 0 Å². The predicted molar refractivity (Wildman–Crippen MR) is 90.0 cm³/mol. The van der Waals surface area contributed by atoms with Gasteiger partial charge in [0.2, 0.25) is 5.91 Å². The topological polar surface area (TPSA) is 69.7 Å². The van der Waals surface area contributed by atoms with Crippen LogP contribution in [-0.4, -0.2) is 56.7 Å². The lowest BCUT2D eigenvalue weighted by atomic mass is 9.97. The Hall–Kier alpha value is -1.51. The molecule has 1 aromatic carbocycles. The van der Waals surface area contributed by atoms with Crippen LogP contribution in [0.2, 0.25) is 0 Å². The number of hydrogen-bond acceptors (Lipinski definition) is 3. The summed E-state index contributed by atoms with van der Waals surface area (Å²) in [5.74, 6) is -0.479. The van der Waals surface area contributed by atoms with Crippen LogP contribution in [-0.2, 0) is 21.4 Å². The molecule has 1 aromatic rings. The second-order valence-corrected chi connectivity index (χ2v) is 8.27. The summed E-state index contributed by atoms with van der Waals surface area (Å²) in [7, 11) is -0.394. The summed E-state index contributed by atoms with van der Waals surface area (Å²) >= 11 is 0. The van der Waals surface area contributed by atoms with Gasteiger partial charge in [-0.05, 0) is 37.0 Å². The smallest absolute Gasteiger partial charge is 0.281 e. The Labute approximate surface area is 142 Å². The first-order chi connectivity index (χ1) is 11.3. The fourth-order valence-corrected chi connectivity index (χ4v) is 3.84. The summed E-state index contributed by atoms with van der Waals surface area (Å²) in [5, 5.41) is 2.88. The molecule has 1 aliphatic rings. The second-order valence-electron chi connectivity index (χ2n) is 6.13. The van der Waals surface area contributed by atoms with Crippen molar-refractivity contribution in [2.75, 3.05) is 33.7 Å². The number of carbonyl (C=O) groups is 1. The molecule has 0 saturated carbocycles. The first kappa shape index (κ1) is 18.8. The van der Waals surface area contributed by atoms with Crippen LogP contribution < -0.4 is 5.32 Å². The van der Waals surface area contributed by atoms with Crippen molar-refractivity contribution in [2.45, 2.75) is 19.3 Å². The molecule has 1 aliphatic heterocycles. The molecule has 1 heterocycles. The van der Waals surface area contributed by atoms with Crippen molar-refractivity contribution in [1.29, 1.82) is 0 Å². The van der Waals surface area contributed by atoms with Crippen LogP contribution in [0.4, 0.5) is 4.39 Å². The zero-order valence-corrected chi connectivity index (χ0v) is 14.9. The lowest BCUT2D eigenvalue weighted by Gasteiger charge is -2.32. The number of nitrogens with one attached hydrogen (secondary N) is 1. The standard InChI is InChI=1S/C16H24FN3O3S/c1-19(2)24(22,23)20-11-8-14(9-12-20)16(21)18-10-7-13-3-5-15(17)6-4-13/h3-6,14H,7-12H2,1-2H3,(H,18,21). The fraction of sp³-hybridized carbons (Fsp3) is 0.562. The molecule has 1 amide bonds. The Morgan fingerprint density at radius 1 is 1.25 bits per heavy atom. The van der Waals surface area contributed by atoms with Crippen LogP contribution in [0.15, 0.2) is 24.3 Å². The number of halogens is 1. The molecule has 0 spiro atoms. The van der Waals surface area contributed by atoms with E-state index < -0.39 is 10.2 Å². The summed E-state index contributed by atoms with van der Waals surface area (Å²) in [4.78, 5) is 12.2. The van der Waals surface area contributed by atoms with Crippen LogP contribution in [0.3, 0.4) is 0 Å². The maximum absolute atomic E-state index is 12.8. The predicted octanol–water partition coefficient (Wildman–Crippen LogP) is 1.00. The van der Waals surface area contributed by atoms with Crippen molar-refractivity contribution in [3.05, 3.63) is 35.6 Å². The van der Waals surface area contributed by atoms with Gasteiger partial charge in [0, 0.05) is 39.6 Å². The van der Waals surface area contributed by atoms with Crippen molar-refractivity contribution in [2.24, 2.45) is 5.92 Å². The highest BCUT2D eigenvalue weighted by Crippen LogP contribution is 2.20. The third-order valence-electron chi connectivity index (χ3n) is 4.24. The van der Waals surface area contributed by atoms with Crippen molar-refractivity contribution in [3.63, 3.8) is 0 Å². The van der Waals surface area contributed by atoms with E-state index >= 15 is 0 Å². The van der Waals surface area contributed by atoms with E-state index in [1.807, 2.05) is 0 Å². The minimum absolute atomic E-state index is 0.0426. The van der Waals surface area contributed by atoms with Crippen molar-refractivity contribution >= 4 is 16.1 Å². The first-order valence-corrected chi connectivity index (χ1v) is 9.40. The summed E-state index contributed by atoms with van der Waals surface area (Å²) in [6.07, 6.45) is 1.69. The Kier molecular flexibility index (Phi) is 6.31. The van der Waals surface area contributed by atoms with E-state index in [2.05, 4.69) is 5.32 Å². The van der Waals surface area contributed by atoms with Gasteiger partial charge in [-0.15, -0.1) is 0 Å². The number of benzene rings is 1. The quantitative estimate of drug-likeness (QED) is 0.826. The molecule has 1 N–H and O–H groups in total. The van der Waals surface area contributed by atoms with Crippen LogP contribution in [0.5, 0.6) is 0 Å². The van der Waals surface area contributed by atoms with Crippen LogP contribution in [0.25, 0.3) is 0 Å². The number of hydrogen-bond donors (Lipinski definition) is 1. The minimum Gasteiger partial charge on any atom is -0.356 e. The van der Waals surface area contributed by atoms with Gasteiger partial charge in [0.1, 0.15) is 5.82 Å². The molecular formula is C16H24FN3O3S. The monoisotopic (exact) mass is 357 g/mol. The van der Waals surface area contributed by atoms with Crippen molar-refractivity contribution in [1.82, 2.24) is 13.9 Å². The molecule has 1 saturated heterocycles. The van der Waals surface area contributed by atoms with Gasteiger partial charge in [0.05, 0.1) is 0 Å². The highest BCUT2D eigenvalue weighted by molar-refractivity contribution is 7.86. The third kappa shape index (κ3) is 4.75. The van der Waals surface area contributed by atoms with Gasteiger partial charge < -0.3 is 5.32 Å². The Bertz CT molecular complexity index is 654. The van der Waals surface area contributed by atoms with Crippen LogP contribution >= 0.6 is 0 Å². The van der Waals surface area contributed by atoms with Gasteiger partial charge in [-0.2, -0.15) is 17.0 Å². The van der Waals surface area contributed by atoms with Gasteiger partial charge in [-0.3, -0.25) is 4.79 Å². The van der Waals surface area contributed by atoms with Gasteiger partial charge in [0.15, 0.2) is 0 Å². The molecule has 0 aromatic heterocycles. The SMILES string of the molecule is CN(C)S(=O)(=O)N1CCC(C(=O)NCCc2ccc(F)cc2)CC1. The summed E-state index contributed by atoms with van der Waals surface area (Å²) in [6, 6.07) is 6.20. The Morgan fingerprint density at radius 2 is 1.83 bits per heavy atom. The number of piperidine rings is 1. The highest BCUT2D eigenvalue weighted by atomic mass is 32.2. The van der Waals surface area contributed by atoms with E-state index in [1.54, 1.807) is 12.1 Å². The normalized spacial score (nSPS) is 17.2. The van der Waals surface area contributed by atoms with Gasteiger partial charge in [-0.1, -0.05) is 12.1 Å². The molecule has 134 valence electrons. The average molecular weight is 357 g/mol. The molecule has 0 atom stereocenters. The average Bonchev–Trinajstić information content (AvgIpc) is 2.56. The number of carbonyl (C=O) groups excluding carboxylic acids is 1. The van der Waals surface area contributed by atoms with Gasteiger partial charge in [0.25, 0.3) is 10.2 Å². The summed E-state index contributed by atoms with van der Waals surface area (Å²) in [5.41, 5.74) is 0.962. The van der Waals surface area contributed by atoms with E-state index in [0.717, 1.165) is 5.56 Å². The van der Waals surface area contributed by atoms with E-state index in [1.165, 1.54) is 34.8 Å². The summed E-state index contributed by atoms with van der Waals surface area (Å²) in [6.45, 7) is 1.20. The fourth-order valence-electron chi connectivity index (χ4n) is 2.71. The molecule has 6 nitrogen and oxygen atoms in total. The van der Waals surface area contributed by atoms with E-state index in [-0.39, 0.29) is 17.6 Å². The second kappa shape index (κ2) is 8.04. The van der Waals surface area contributed by atoms with Crippen molar-refractivity contribution in [3.8, 4) is 0 Å². The molecule has 0 radical (unpaired) electrons. The molecule has 0 bridgehead atoms. The maximum atomic E-state index is 12.8. The largest absolute Gasteiger partial charge is 0.356 e. The number of amides is 1. The van der Waals surface area contributed by atoms with Crippen LogP contribution in [0.1, 0.15) is 18.4 Å². The third-order valence-corrected chi connectivity index (χ3v) is 6.18. The number of nitrogens with zero attached hydrogens (tertiary/aromatic N) is 2. The zero-order valence-electron chi connectivity index (χ0n) is 14.0. The summed E-state index contributed by atoms with van der Waals surface area (Å²) < 4.78 is 39.5. The van der Waals surface area contributed by atoms with Gasteiger partial charge in [-0.25, -0.2) is 4.39 Å². The Balaban J connectivity index is 1.76. The maximum Gasteiger partial charge on any atom is 0.281 e. The van der Waals surface area contributed by atoms with Crippen LogP contribution in [0, 0.1) is 11.7 Å². The number of rotatable bonds is 6. The molecule has 0 aliphatic carbocycles. The first-order valence-electron chi connectivity index (χ1n) is 8.00. The molecule has 0 unspecified atom stereocenters. The lowest BCUT2D eigenvalue weighted by Crippen LogP contribution is -2.47. The molecule has 2 rings (SSSR count). The molecular weight excluding hydrogens is 333 g/mol. The Morgan fingerprint density at radius 3 is 2.38 bits per heavy atom. The lowest BCUT2D eigenvalue weighted by molar-refractivity contribution is -0.126. The molecule has 8 heteroatoms.